The van der Waals surface area contributed by atoms with Crippen LogP contribution in [-0.4, -0.2) is 10.9 Å². The molecule has 0 bridgehead atoms. The topological polar surface area (TPSA) is 56.0 Å². The van der Waals surface area contributed by atoms with Crippen LogP contribution >= 0.6 is 0 Å². The molecule has 1 rings (SSSR count). The number of hydrogen-bond acceptors (Lipinski definition) is 2. The van der Waals surface area contributed by atoms with Gasteiger partial charge in [0.05, 0.1) is 5.92 Å². The van der Waals surface area contributed by atoms with E-state index in [1.165, 1.54) is 0 Å². The molecular weight excluding hydrogens is 152 g/mol. The van der Waals surface area contributed by atoms with Crippen molar-refractivity contribution in [2.24, 2.45) is 5.73 Å². The lowest BCUT2D eigenvalue weighted by molar-refractivity contribution is -0.119. The number of aromatic nitrogens is 1. The minimum Gasteiger partial charge on any atom is -0.369 e. The highest BCUT2D eigenvalue weighted by molar-refractivity contribution is 5.81. The Hall–Kier alpha value is -1.38. The van der Waals surface area contributed by atoms with Gasteiger partial charge in [-0.2, -0.15) is 0 Å². The van der Waals surface area contributed by atoms with Crippen LogP contribution in [0.4, 0.5) is 0 Å². The largest absolute Gasteiger partial charge is 0.369 e. The van der Waals surface area contributed by atoms with E-state index >= 15 is 0 Å². The fraction of sp³-hybridized carbons (Fsp3) is 0.333. The zero-order chi connectivity index (χ0) is 8.97. The number of primary amides is 1. The second kappa shape index (κ2) is 3.85. The van der Waals surface area contributed by atoms with Gasteiger partial charge in [-0.3, -0.25) is 9.78 Å². The van der Waals surface area contributed by atoms with Crippen molar-refractivity contribution < 1.29 is 4.79 Å². The van der Waals surface area contributed by atoms with Gasteiger partial charge in [-0.25, -0.2) is 0 Å². The van der Waals surface area contributed by atoms with Crippen LogP contribution in [0.3, 0.4) is 0 Å². The third kappa shape index (κ3) is 1.81. The molecule has 0 aliphatic heterocycles. The second-order valence-electron chi connectivity index (χ2n) is 2.65. The maximum absolute atomic E-state index is 10.9. The summed E-state index contributed by atoms with van der Waals surface area (Å²) in [5.74, 6) is -0.482. The molecule has 0 fully saturated rings. The summed E-state index contributed by atoms with van der Waals surface area (Å²) in [5.41, 5.74) is 6.11. The van der Waals surface area contributed by atoms with Crippen LogP contribution in [0.25, 0.3) is 0 Å². The van der Waals surface area contributed by atoms with Crippen LogP contribution < -0.4 is 5.73 Å². The van der Waals surface area contributed by atoms with E-state index in [0.29, 0.717) is 0 Å². The molecular formula is C9H12N2O. The van der Waals surface area contributed by atoms with Crippen LogP contribution in [0, 0.1) is 0 Å². The Labute approximate surface area is 71.6 Å². The molecule has 0 spiro atoms. The van der Waals surface area contributed by atoms with E-state index in [2.05, 4.69) is 4.98 Å². The second-order valence-corrected chi connectivity index (χ2v) is 2.65. The summed E-state index contributed by atoms with van der Waals surface area (Å²) in [7, 11) is 0. The van der Waals surface area contributed by atoms with Gasteiger partial charge in [0.15, 0.2) is 0 Å². The van der Waals surface area contributed by atoms with Gasteiger partial charge >= 0.3 is 0 Å². The zero-order valence-electron chi connectivity index (χ0n) is 7.03. The average molecular weight is 164 g/mol. The lowest BCUT2D eigenvalue weighted by atomic mass is 9.98. The van der Waals surface area contributed by atoms with E-state index < -0.39 is 0 Å². The summed E-state index contributed by atoms with van der Waals surface area (Å²) >= 11 is 0. The van der Waals surface area contributed by atoms with Crippen LogP contribution in [0.2, 0.25) is 0 Å². The third-order valence-electron chi connectivity index (χ3n) is 1.84. The minimum absolute atomic E-state index is 0.196. The highest BCUT2D eigenvalue weighted by Crippen LogP contribution is 2.16. The first kappa shape index (κ1) is 8.71. The van der Waals surface area contributed by atoms with Crippen LogP contribution in [0.15, 0.2) is 24.5 Å². The molecule has 64 valence electrons. The molecule has 0 aliphatic rings. The van der Waals surface area contributed by atoms with E-state index in [1.807, 2.05) is 13.0 Å². The molecule has 0 saturated carbocycles. The lowest BCUT2D eigenvalue weighted by Crippen LogP contribution is -2.20. The molecule has 12 heavy (non-hydrogen) atoms. The Morgan fingerprint density at radius 2 is 2.50 bits per heavy atom. The van der Waals surface area contributed by atoms with Gasteiger partial charge in [-0.05, 0) is 18.1 Å². The number of pyridine rings is 1. The summed E-state index contributed by atoms with van der Waals surface area (Å²) in [6.45, 7) is 1.93. The number of hydrogen-bond donors (Lipinski definition) is 1. The van der Waals surface area contributed by atoms with Gasteiger partial charge in [0.2, 0.25) is 5.91 Å². The molecule has 0 aromatic carbocycles. The van der Waals surface area contributed by atoms with Gasteiger partial charge in [0, 0.05) is 12.4 Å². The Kier molecular flexibility index (Phi) is 2.80. The summed E-state index contributed by atoms with van der Waals surface area (Å²) in [5, 5.41) is 0. The highest BCUT2D eigenvalue weighted by atomic mass is 16.1. The highest BCUT2D eigenvalue weighted by Gasteiger charge is 2.14. The fourth-order valence-corrected chi connectivity index (χ4v) is 1.18. The van der Waals surface area contributed by atoms with Crippen molar-refractivity contribution in [3.63, 3.8) is 0 Å². The number of carbonyl (C=O) groups is 1. The predicted molar refractivity (Wildman–Crippen MR) is 46.5 cm³/mol. The smallest absolute Gasteiger partial charge is 0.225 e. The Morgan fingerprint density at radius 3 is 2.92 bits per heavy atom. The molecule has 0 aliphatic carbocycles. The quantitative estimate of drug-likeness (QED) is 0.726. The normalized spacial score (nSPS) is 12.4. The number of nitrogens with zero attached hydrogens (tertiary/aromatic N) is 1. The van der Waals surface area contributed by atoms with E-state index in [9.17, 15) is 4.79 Å². The maximum atomic E-state index is 10.9. The molecule has 2 N–H and O–H groups in total. The summed E-state index contributed by atoms with van der Waals surface area (Å²) < 4.78 is 0. The third-order valence-corrected chi connectivity index (χ3v) is 1.84. The summed E-state index contributed by atoms with van der Waals surface area (Å²) in [6.07, 6.45) is 4.08. The molecule has 3 nitrogen and oxygen atoms in total. The molecule has 0 saturated heterocycles. The molecule has 1 unspecified atom stereocenters. The number of carbonyl (C=O) groups excluding carboxylic acids is 1. The first-order chi connectivity index (χ1) is 5.75. The SMILES string of the molecule is CCC(C(N)=O)c1cccnc1. The molecule has 1 aromatic heterocycles. The maximum Gasteiger partial charge on any atom is 0.225 e. The van der Waals surface area contributed by atoms with Gasteiger partial charge in [-0.1, -0.05) is 13.0 Å². The van der Waals surface area contributed by atoms with E-state index in [-0.39, 0.29) is 11.8 Å². The van der Waals surface area contributed by atoms with Crippen molar-refractivity contribution in [3.05, 3.63) is 30.1 Å². The van der Waals surface area contributed by atoms with Crippen molar-refractivity contribution >= 4 is 5.91 Å². The fourth-order valence-electron chi connectivity index (χ4n) is 1.18. The Morgan fingerprint density at radius 1 is 1.75 bits per heavy atom. The van der Waals surface area contributed by atoms with Crippen molar-refractivity contribution in [3.8, 4) is 0 Å². The van der Waals surface area contributed by atoms with Crippen molar-refractivity contribution in [1.29, 1.82) is 0 Å². The summed E-state index contributed by atoms with van der Waals surface area (Å²) in [6, 6.07) is 3.67. The molecule has 1 aromatic rings. The van der Waals surface area contributed by atoms with Crippen LogP contribution in [-0.2, 0) is 4.79 Å². The van der Waals surface area contributed by atoms with Crippen molar-refractivity contribution in [2.75, 3.05) is 0 Å². The Balaban J connectivity index is 2.88. The average Bonchev–Trinajstić information content (AvgIpc) is 2.07. The summed E-state index contributed by atoms with van der Waals surface area (Å²) in [4.78, 5) is 14.9. The predicted octanol–water partition coefficient (Wildman–Crippen LogP) is 1.06. The van der Waals surface area contributed by atoms with Gasteiger partial charge in [0.25, 0.3) is 0 Å². The van der Waals surface area contributed by atoms with Gasteiger partial charge in [-0.15, -0.1) is 0 Å². The van der Waals surface area contributed by atoms with Gasteiger partial charge < -0.3 is 5.73 Å². The standard InChI is InChI=1S/C9H12N2O/c1-2-8(9(10)12)7-4-3-5-11-6-7/h3-6,8H,2H2,1H3,(H2,10,12). The Bertz CT molecular complexity index is 258. The van der Waals surface area contributed by atoms with E-state index in [4.69, 9.17) is 5.73 Å². The van der Waals surface area contributed by atoms with Crippen LogP contribution in [0.5, 0.6) is 0 Å². The van der Waals surface area contributed by atoms with E-state index in [0.717, 1.165) is 12.0 Å². The number of amides is 1. The van der Waals surface area contributed by atoms with Crippen molar-refractivity contribution in [2.45, 2.75) is 19.3 Å². The number of nitrogens with two attached hydrogens (primary N) is 1. The molecule has 1 amide bonds. The monoisotopic (exact) mass is 164 g/mol. The first-order valence-electron chi connectivity index (χ1n) is 3.95. The number of rotatable bonds is 3. The molecule has 0 radical (unpaired) electrons. The minimum atomic E-state index is -0.287. The van der Waals surface area contributed by atoms with Crippen molar-refractivity contribution in [1.82, 2.24) is 4.98 Å². The molecule has 1 atom stereocenters. The van der Waals surface area contributed by atoms with Crippen LogP contribution in [0.1, 0.15) is 24.8 Å². The van der Waals surface area contributed by atoms with Gasteiger partial charge in [0.1, 0.15) is 0 Å². The molecule has 1 heterocycles. The lowest BCUT2D eigenvalue weighted by Gasteiger charge is -2.09. The molecule has 3 heteroatoms. The van der Waals surface area contributed by atoms with E-state index in [1.54, 1.807) is 18.5 Å². The zero-order valence-corrected chi connectivity index (χ0v) is 7.03. The first-order valence-corrected chi connectivity index (χ1v) is 3.95.